The van der Waals surface area contributed by atoms with Crippen molar-refractivity contribution in [2.75, 3.05) is 12.4 Å². The number of hydrogen-bond donors (Lipinski definition) is 2. The minimum Gasteiger partial charge on any atom is -0.410 e. The van der Waals surface area contributed by atoms with Gasteiger partial charge in [0.15, 0.2) is 4.67 Å². The molecule has 2 N–H and O–H groups in total. The third kappa shape index (κ3) is 2.19. The van der Waals surface area contributed by atoms with Crippen LogP contribution >= 0.6 is 20.7 Å². The lowest BCUT2D eigenvalue weighted by molar-refractivity contribution is 0.304. The van der Waals surface area contributed by atoms with Crippen LogP contribution < -0.4 is 9.99 Å². The summed E-state index contributed by atoms with van der Waals surface area (Å²) in [6.07, 6.45) is 0. The summed E-state index contributed by atoms with van der Waals surface area (Å²) in [5.41, 5.74) is 2.23. The highest BCUT2D eigenvalue weighted by molar-refractivity contribution is 7.69. The van der Waals surface area contributed by atoms with Gasteiger partial charge in [-0.2, -0.15) is 0 Å². The average molecular weight is 238 g/mol. The van der Waals surface area contributed by atoms with Crippen LogP contribution in [-0.2, 0) is 0 Å². The van der Waals surface area contributed by atoms with Crippen molar-refractivity contribution in [3.05, 3.63) is 35.0 Å². The zero-order valence-corrected chi connectivity index (χ0v) is 9.73. The second kappa shape index (κ2) is 4.46. The summed E-state index contributed by atoms with van der Waals surface area (Å²) < 4.78 is 0.646. The molecule has 5 heteroatoms. The zero-order chi connectivity index (χ0) is 10.7. The second-order valence-electron chi connectivity index (χ2n) is 2.94. The van der Waals surface area contributed by atoms with Crippen LogP contribution in [0.1, 0.15) is 0 Å². The van der Waals surface area contributed by atoms with Gasteiger partial charge in [-0.3, -0.25) is 0 Å². The molecule has 0 fully saturated rings. The van der Waals surface area contributed by atoms with Crippen molar-refractivity contribution in [1.82, 2.24) is 0 Å². The Bertz CT molecular complexity index is 499. The predicted octanol–water partition coefficient (Wildman–Crippen LogP) is 2.81. The first-order valence-corrected chi connectivity index (χ1v) is 6.55. The van der Waals surface area contributed by atoms with E-state index in [1.807, 2.05) is 37.4 Å². The molecule has 1 aromatic carbocycles. The van der Waals surface area contributed by atoms with Crippen LogP contribution in [0.3, 0.4) is 0 Å². The highest BCUT2D eigenvalue weighted by Gasteiger charge is 2.00. The molecule has 78 valence electrons. The van der Waals surface area contributed by atoms with Gasteiger partial charge in [0.1, 0.15) is 0 Å². The van der Waals surface area contributed by atoms with Gasteiger partial charge >= 0.3 is 0 Å². The Kier molecular flexibility index (Phi) is 3.03. The summed E-state index contributed by atoms with van der Waals surface area (Å²) in [7, 11) is 4.97. The molecule has 0 saturated carbocycles. The lowest BCUT2D eigenvalue weighted by Crippen LogP contribution is -1.88. The first kappa shape index (κ1) is 10.2. The summed E-state index contributed by atoms with van der Waals surface area (Å²) in [5.74, 6) is 0. The third-order valence-electron chi connectivity index (χ3n) is 2.03. The number of nitrogens with zero attached hydrogens (tertiary/aromatic N) is 1. The Hall–Kier alpha value is -1.33. The third-order valence-corrected chi connectivity index (χ3v) is 4.32. The van der Waals surface area contributed by atoms with Crippen molar-refractivity contribution in [3.63, 3.8) is 0 Å². The van der Waals surface area contributed by atoms with Crippen LogP contribution in [0.15, 0.2) is 35.5 Å². The van der Waals surface area contributed by atoms with Crippen molar-refractivity contribution in [2.45, 2.75) is 0 Å². The molecular weight excluding hydrogens is 228 g/mol. The molecule has 0 radical (unpaired) electrons. The monoisotopic (exact) mass is 238 g/mol. The van der Waals surface area contributed by atoms with Crippen molar-refractivity contribution < 1.29 is 5.21 Å². The number of nitrogens with one attached hydrogen (secondary N) is 1. The van der Waals surface area contributed by atoms with Crippen molar-refractivity contribution >= 4 is 26.4 Å². The maximum atomic E-state index is 8.61. The molecule has 0 amide bonds. The van der Waals surface area contributed by atoms with E-state index in [9.17, 15) is 0 Å². The van der Waals surface area contributed by atoms with Crippen LogP contribution in [0.25, 0.3) is 10.4 Å². The Balaban J connectivity index is 2.37. The molecule has 0 saturated heterocycles. The number of anilines is 1. The van der Waals surface area contributed by atoms with E-state index < -0.39 is 0 Å². The molecule has 3 nitrogen and oxygen atoms in total. The van der Waals surface area contributed by atoms with Crippen LogP contribution in [0.2, 0.25) is 0 Å². The molecule has 1 heterocycles. The lowest BCUT2D eigenvalue weighted by Gasteiger charge is -2.00. The molecule has 0 aliphatic heterocycles. The Morgan fingerprint density at radius 2 is 1.93 bits per heavy atom. The van der Waals surface area contributed by atoms with Crippen molar-refractivity contribution in [2.24, 2.45) is 5.16 Å². The highest BCUT2D eigenvalue weighted by Crippen LogP contribution is 2.26. The molecule has 2 rings (SSSR count). The normalized spacial score (nSPS) is 11.7. The van der Waals surface area contributed by atoms with Crippen LogP contribution in [-0.4, -0.2) is 12.3 Å². The van der Waals surface area contributed by atoms with Gasteiger partial charge in [-0.15, -0.1) is 0 Å². The van der Waals surface area contributed by atoms with E-state index in [-0.39, 0.29) is 0 Å². The Labute approximate surface area is 94.7 Å². The van der Waals surface area contributed by atoms with Crippen molar-refractivity contribution in [1.29, 1.82) is 0 Å². The van der Waals surface area contributed by atoms with Gasteiger partial charge < -0.3 is 10.5 Å². The van der Waals surface area contributed by atoms with E-state index in [1.54, 1.807) is 10.3 Å². The van der Waals surface area contributed by atoms with E-state index in [0.717, 1.165) is 16.1 Å². The lowest BCUT2D eigenvalue weighted by atomic mass is 10.2. The molecule has 0 atom stereocenters. The average Bonchev–Trinajstić information content (AvgIpc) is 2.78. The van der Waals surface area contributed by atoms with Gasteiger partial charge in [0.2, 0.25) is 0 Å². The van der Waals surface area contributed by atoms with Crippen LogP contribution in [0.5, 0.6) is 0 Å². The standard InChI is InChI=1S/C10H10N2OS2/c1-11-8-4-2-7(3-5-8)9-6-10(12-13)15-14-9/h2-6,11,13H,1H3/b12-10+. The molecule has 0 aliphatic carbocycles. The van der Waals surface area contributed by atoms with Crippen LogP contribution in [0, 0.1) is 0 Å². The van der Waals surface area contributed by atoms with Crippen LogP contribution in [0.4, 0.5) is 5.69 Å². The number of benzene rings is 1. The molecule has 1 aromatic heterocycles. The molecule has 0 unspecified atom stereocenters. The SMILES string of the molecule is CNc1ccc(-c2c/c(=N\O)ss2)cc1. The fourth-order valence-corrected chi connectivity index (χ4v) is 3.27. The van der Waals surface area contributed by atoms with Gasteiger partial charge in [0.25, 0.3) is 0 Å². The smallest absolute Gasteiger partial charge is 0.166 e. The van der Waals surface area contributed by atoms with Gasteiger partial charge in [0.05, 0.1) is 0 Å². The fraction of sp³-hybridized carbons (Fsp3) is 0.100. The predicted molar refractivity (Wildman–Crippen MR) is 64.5 cm³/mol. The largest absolute Gasteiger partial charge is 0.410 e. The first-order valence-electron chi connectivity index (χ1n) is 4.40. The molecule has 0 bridgehead atoms. The molecular formula is C10H10N2OS2. The number of rotatable bonds is 2. The van der Waals surface area contributed by atoms with E-state index >= 15 is 0 Å². The molecule has 0 spiro atoms. The van der Waals surface area contributed by atoms with Gasteiger partial charge in [0, 0.05) is 17.6 Å². The van der Waals surface area contributed by atoms with E-state index in [0.29, 0.717) is 4.67 Å². The van der Waals surface area contributed by atoms with Gasteiger partial charge in [-0.25, -0.2) is 0 Å². The fourth-order valence-electron chi connectivity index (χ4n) is 1.23. The second-order valence-corrected chi connectivity index (χ2v) is 5.13. The van der Waals surface area contributed by atoms with E-state index in [2.05, 4.69) is 10.5 Å². The molecule has 15 heavy (non-hydrogen) atoms. The van der Waals surface area contributed by atoms with E-state index in [4.69, 9.17) is 5.21 Å². The van der Waals surface area contributed by atoms with Gasteiger partial charge in [-0.05, 0) is 23.8 Å². The van der Waals surface area contributed by atoms with Gasteiger partial charge in [-0.1, -0.05) is 38.0 Å². The summed E-state index contributed by atoms with van der Waals surface area (Å²) in [4.78, 5) is 1.12. The molecule has 2 aromatic rings. The maximum Gasteiger partial charge on any atom is 0.166 e. The Morgan fingerprint density at radius 3 is 2.47 bits per heavy atom. The molecule has 0 aliphatic rings. The maximum absolute atomic E-state index is 8.61. The number of hydrogen-bond acceptors (Lipinski definition) is 5. The summed E-state index contributed by atoms with van der Waals surface area (Å²) in [6, 6.07) is 10.0. The minimum atomic E-state index is 0.646. The first-order chi connectivity index (χ1) is 7.33. The summed E-state index contributed by atoms with van der Waals surface area (Å²) in [6.45, 7) is 0. The minimum absolute atomic E-state index is 0.646. The summed E-state index contributed by atoms with van der Waals surface area (Å²) >= 11 is 0. The van der Waals surface area contributed by atoms with E-state index in [1.165, 1.54) is 10.3 Å². The van der Waals surface area contributed by atoms with Crippen molar-refractivity contribution in [3.8, 4) is 10.4 Å². The Morgan fingerprint density at radius 1 is 1.20 bits per heavy atom. The highest BCUT2D eigenvalue weighted by atomic mass is 32.9. The topological polar surface area (TPSA) is 44.6 Å². The quantitative estimate of drug-likeness (QED) is 0.480. The zero-order valence-electron chi connectivity index (χ0n) is 8.10. The summed E-state index contributed by atoms with van der Waals surface area (Å²) in [5, 5.41) is 14.8.